The van der Waals surface area contributed by atoms with Crippen LogP contribution < -0.4 is 5.73 Å². The Morgan fingerprint density at radius 3 is 3.00 bits per heavy atom. The van der Waals surface area contributed by atoms with Crippen molar-refractivity contribution < 1.29 is 0 Å². The van der Waals surface area contributed by atoms with Crippen molar-refractivity contribution in [1.82, 2.24) is 0 Å². The molecule has 1 aromatic rings. The zero-order valence-electron chi connectivity index (χ0n) is 10.7. The molecule has 2 unspecified atom stereocenters. The smallest absolute Gasteiger partial charge is 0.0326 e. The average molecular weight is 249 g/mol. The van der Waals surface area contributed by atoms with E-state index in [0.717, 1.165) is 0 Å². The van der Waals surface area contributed by atoms with E-state index in [9.17, 15) is 0 Å². The van der Waals surface area contributed by atoms with Gasteiger partial charge in [-0.1, -0.05) is 24.3 Å². The number of fused-ring (bicyclic) bond motifs is 1. The molecule has 0 aliphatic heterocycles. The van der Waals surface area contributed by atoms with E-state index >= 15 is 0 Å². The molecule has 2 N–H and O–H groups in total. The van der Waals surface area contributed by atoms with Gasteiger partial charge in [0.15, 0.2) is 0 Å². The van der Waals surface area contributed by atoms with Crippen molar-refractivity contribution in [2.45, 2.75) is 38.1 Å². The largest absolute Gasteiger partial charge is 0.324 e. The van der Waals surface area contributed by atoms with Crippen molar-refractivity contribution in [3.8, 4) is 0 Å². The highest BCUT2D eigenvalue weighted by atomic mass is 32.2. The molecule has 0 saturated carbocycles. The van der Waals surface area contributed by atoms with Gasteiger partial charge in [-0.2, -0.15) is 11.8 Å². The maximum atomic E-state index is 6.47. The Morgan fingerprint density at radius 2 is 2.18 bits per heavy atom. The van der Waals surface area contributed by atoms with Gasteiger partial charge in [-0.25, -0.2) is 0 Å². The fraction of sp³-hybridized carbons (Fsp3) is 0.600. The van der Waals surface area contributed by atoms with Crippen LogP contribution in [0.2, 0.25) is 0 Å². The van der Waals surface area contributed by atoms with E-state index in [2.05, 4.69) is 30.5 Å². The molecule has 2 atom stereocenters. The molecule has 17 heavy (non-hydrogen) atoms. The van der Waals surface area contributed by atoms with Crippen LogP contribution in [0, 0.1) is 5.92 Å². The Balaban J connectivity index is 2.06. The number of hydrogen-bond donors (Lipinski definition) is 1. The molecular formula is C15H23NS. The third-order valence-corrected chi connectivity index (χ3v) is 4.56. The van der Waals surface area contributed by atoms with Gasteiger partial charge in [-0.15, -0.1) is 0 Å². The third-order valence-electron chi connectivity index (χ3n) is 3.87. The standard InChI is InChI=1S/C15H23NS/c1-17-11-5-9-13-8-4-7-12-6-2-3-10-14(12)15(13)16/h2-3,6,10,13,15H,4-5,7-9,11,16H2,1H3. The lowest BCUT2D eigenvalue weighted by atomic mass is 9.88. The molecule has 1 nitrogen and oxygen atoms in total. The highest BCUT2D eigenvalue weighted by molar-refractivity contribution is 7.98. The Bertz CT molecular complexity index is 351. The van der Waals surface area contributed by atoms with Gasteiger partial charge in [0.2, 0.25) is 0 Å². The van der Waals surface area contributed by atoms with Crippen LogP contribution in [-0.2, 0) is 6.42 Å². The second-order valence-corrected chi connectivity index (χ2v) is 6.00. The summed E-state index contributed by atoms with van der Waals surface area (Å²) in [6.45, 7) is 0. The van der Waals surface area contributed by atoms with Crippen LogP contribution in [0.3, 0.4) is 0 Å². The first kappa shape index (κ1) is 13.0. The summed E-state index contributed by atoms with van der Waals surface area (Å²) in [5, 5.41) is 0. The molecule has 0 radical (unpaired) electrons. The van der Waals surface area contributed by atoms with Gasteiger partial charge < -0.3 is 5.73 Å². The Hall–Kier alpha value is -0.470. The molecule has 94 valence electrons. The zero-order chi connectivity index (χ0) is 12.1. The van der Waals surface area contributed by atoms with E-state index in [1.54, 1.807) is 0 Å². The lowest BCUT2D eigenvalue weighted by Gasteiger charge is -2.22. The molecule has 0 fully saturated rings. The number of benzene rings is 1. The van der Waals surface area contributed by atoms with E-state index in [1.807, 2.05) is 11.8 Å². The van der Waals surface area contributed by atoms with Crippen molar-refractivity contribution in [2.24, 2.45) is 11.7 Å². The molecule has 1 aliphatic rings. The molecule has 0 amide bonds. The zero-order valence-corrected chi connectivity index (χ0v) is 11.5. The SMILES string of the molecule is CSCCCC1CCCc2ccccc2C1N. The Labute approximate surface area is 109 Å². The van der Waals surface area contributed by atoms with Crippen LogP contribution in [-0.4, -0.2) is 12.0 Å². The summed E-state index contributed by atoms with van der Waals surface area (Å²) in [5.41, 5.74) is 9.35. The molecule has 2 rings (SSSR count). The first-order valence-electron chi connectivity index (χ1n) is 6.65. The summed E-state index contributed by atoms with van der Waals surface area (Å²) in [6, 6.07) is 9.00. The van der Waals surface area contributed by atoms with E-state index in [-0.39, 0.29) is 6.04 Å². The average Bonchev–Trinajstić information content (AvgIpc) is 2.51. The van der Waals surface area contributed by atoms with E-state index in [1.165, 1.54) is 49.0 Å². The van der Waals surface area contributed by atoms with Crippen LogP contribution in [0.5, 0.6) is 0 Å². The first-order valence-corrected chi connectivity index (χ1v) is 8.04. The summed E-state index contributed by atoms with van der Waals surface area (Å²) in [7, 11) is 0. The minimum Gasteiger partial charge on any atom is -0.324 e. The first-order chi connectivity index (χ1) is 8.33. The Morgan fingerprint density at radius 1 is 1.35 bits per heavy atom. The normalized spacial score (nSPS) is 24.1. The number of nitrogens with two attached hydrogens (primary N) is 1. The lowest BCUT2D eigenvalue weighted by Crippen LogP contribution is -2.21. The summed E-state index contributed by atoms with van der Waals surface area (Å²) in [4.78, 5) is 0. The monoisotopic (exact) mass is 249 g/mol. The van der Waals surface area contributed by atoms with Crippen LogP contribution in [0.25, 0.3) is 0 Å². The van der Waals surface area contributed by atoms with Gasteiger partial charge in [0.05, 0.1) is 0 Å². The highest BCUT2D eigenvalue weighted by Crippen LogP contribution is 2.34. The van der Waals surface area contributed by atoms with E-state index in [4.69, 9.17) is 5.73 Å². The van der Waals surface area contributed by atoms with Crippen molar-refractivity contribution in [3.63, 3.8) is 0 Å². The number of hydrogen-bond acceptors (Lipinski definition) is 2. The maximum absolute atomic E-state index is 6.47. The van der Waals surface area contributed by atoms with Crippen LogP contribution >= 0.6 is 11.8 Å². The molecule has 2 heteroatoms. The predicted molar refractivity (Wildman–Crippen MR) is 77.4 cm³/mol. The van der Waals surface area contributed by atoms with Gasteiger partial charge in [0, 0.05) is 6.04 Å². The molecular weight excluding hydrogens is 226 g/mol. The summed E-state index contributed by atoms with van der Waals surface area (Å²) >= 11 is 1.94. The fourth-order valence-electron chi connectivity index (χ4n) is 2.89. The van der Waals surface area contributed by atoms with E-state index in [0.29, 0.717) is 5.92 Å². The minimum absolute atomic E-state index is 0.260. The molecule has 0 spiro atoms. The fourth-order valence-corrected chi connectivity index (χ4v) is 3.34. The quantitative estimate of drug-likeness (QED) is 0.649. The van der Waals surface area contributed by atoms with Gasteiger partial charge in [0.1, 0.15) is 0 Å². The second kappa shape index (κ2) is 6.46. The van der Waals surface area contributed by atoms with Crippen molar-refractivity contribution in [1.29, 1.82) is 0 Å². The van der Waals surface area contributed by atoms with Gasteiger partial charge >= 0.3 is 0 Å². The Kier molecular flexibility index (Phi) is 4.93. The molecule has 0 bridgehead atoms. The van der Waals surface area contributed by atoms with Gasteiger partial charge in [-0.3, -0.25) is 0 Å². The predicted octanol–water partition coefficient (Wildman–Crippen LogP) is 3.78. The van der Waals surface area contributed by atoms with E-state index < -0.39 is 0 Å². The molecule has 1 aliphatic carbocycles. The van der Waals surface area contributed by atoms with Crippen molar-refractivity contribution in [2.75, 3.05) is 12.0 Å². The van der Waals surface area contributed by atoms with Crippen LogP contribution in [0.1, 0.15) is 42.9 Å². The van der Waals surface area contributed by atoms with Gasteiger partial charge in [-0.05, 0) is 61.2 Å². The second-order valence-electron chi connectivity index (χ2n) is 5.01. The third kappa shape index (κ3) is 3.26. The minimum atomic E-state index is 0.260. The lowest BCUT2D eigenvalue weighted by molar-refractivity contribution is 0.375. The van der Waals surface area contributed by atoms with Crippen LogP contribution in [0.15, 0.2) is 24.3 Å². The number of rotatable bonds is 4. The maximum Gasteiger partial charge on any atom is 0.0326 e. The molecule has 0 saturated heterocycles. The van der Waals surface area contributed by atoms with Gasteiger partial charge in [0.25, 0.3) is 0 Å². The molecule has 0 heterocycles. The molecule has 1 aromatic carbocycles. The highest BCUT2D eigenvalue weighted by Gasteiger charge is 2.23. The summed E-state index contributed by atoms with van der Waals surface area (Å²) in [5.74, 6) is 1.95. The molecule has 0 aromatic heterocycles. The number of aryl methyl sites for hydroxylation is 1. The van der Waals surface area contributed by atoms with Crippen molar-refractivity contribution in [3.05, 3.63) is 35.4 Å². The number of thioether (sulfide) groups is 1. The summed E-state index contributed by atoms with van der Waals surface area (Å²) in [6.07, 6.45) is 8.59. The van der Waals surface area contributed by atoms with Crippen LogP contribution in [0.4, 0.5) is 0 Å². The topological polar surface area (TPSA) is 26.0 Å². The summed E-state index contributed by atoms with van der Waals surface area (Å²) < 4.78 is 0. The van der Waals surface area contributed by atoms with Crippen molar-refractivity contribution >= 4 is 11.8 Å².